The fourth-order valence-electron chi connectivity index (χ4n) is 2.56. The maximum absolute atomic E-state index is 13.0. The Labute approximate surface area is 179 Å². The van der Waals surface area contributed by atoms with E-state index in [-0.39, 0.29) is 28.4 Å². The molecule has 0 aliphatic carbocycles. The molecule has 0 aromatic heterocycles. The highest BCUT2D eigenvalue weighted by molar-refractivity contribution is 9.10. The van der Waals surface area contributed by atoms with Crippen molar-refractivity contribution in [1.82, 2.24) is 0 Å². The molecular formula is C22H15BrFNO5. The van der Waals surface area contributed by atoms with Gasteiger partial charge in [-0.25, -0.2) is 14.4 Å². The number of halogens is 2. The number of hydrogen-bond acceptors (Lipinski definition) is 5. The molecule has 3 aromatic carbocycles. The van der Waals surface area contributed by atoms with Gasteiger partial charge in [0.15, 0.2) is 11.5 Å². The lowest BCUT2D eigenvalue weighted by Gasteiger charge is -2.12. The molecule has 0 fully saturated rings. The quantitative estimate of drug-likeness (QED) is 0.185. The first-order valence-corrected chi connectivity index (χ1v) is 9.46. The van der Waals surface area contributed by atoms with Crippen LogP contribution in [0.25, 0.3) is 6.08 Å². The Hall–Kier alpha value is -3.17. The molecule has 0 aliphatic rings. The molecule has 0 amide bonds. The minimum atomic E-state index is -1.17. The molecule has 0 heterocycles. The number of esters is 1. The average molecular weight is 472 g/mol. The topological polar surface area (TPSA) is 91.1 Å². The fraction of sp³-hybridized carbons (Fsp3) is 0. The van der Waals surface area contributed by atoms with Crippen molar-refractivity contribution >= 4 is 39.4 Å². The molecule has 3 aromatic rings. The maximum atomic E-state index is 13.0. The summed E-state index contributed by atoms with van der Waals surface area (Å²) in [5.74, 6) is -1.58. The van der Waals surface area contributed by atoms with Crippen LogP contribution in [-0.4, -0.2) is 17.0 Å². The van der Waals surface area contributed by atoms with Crippen molar-refractivity contribution in [2.24, 2.45) is 0 Å². The zero-order chi connectivity index (χ0) is 21.7. The van der Waals surface area contributed by atoms with Crippen molar-refractivity contribution in [3.63, 3.8) is 0 Å². The Morgan fingerprint density at radius 3 is 2.50 bits per heavy atom. The molecule has 0 aliphatic heterocycles. The Kier molecular flexibility index (Phi) is 6.86. The molecule has 6 nitrogen and oxygen atoms in total. The molecular weight excluding hydrogens is 457 g/mol. The number of carbonyl (C=O) groups excluding carboxylic acids is 2. The van der Waals surface area contributed by atoms with Crippen LogP contribution < -0.4 is 9.96 Å². The van der Waals surface area contributed by atoms with E-state index in [4.69, 9.17) is 9.94 Å². The summed E-state index contributed by atoms with van der Waals surface area (Å²) in [7, 11) is 0. The molecule has 0 spiro atoms. The van der Waals surface area contributed by atoms with Crippen LogP contribution in [0.2, 0.25) is 0 Å². The summed E-state index contributed by atoms with van der Waals surface area (Å²) in [5.41, 5.74) is 0.742. The number of quaternary nitrogens is 1. The molecule has 30 heavy (non-hydrogen) atoms. The minimum Gasteiger partial charge on any atom is -0.595 e. The average Bonchev–Trinajstić information content (AvgIpc) is 2.74. The van der Waals surface area contributed by atoms with Crippen molar-refractivity contribution in [1.29, 1.82) is 0 Å². The summed E-state index contributed by atoms with van der Waals surface area (Å²) in [6, 6.07) is 15.6. The molecule has 1 atom stereocenters. The third-order valence-corrected chi connectivity index (χ3v) is 4.55. The van der Waals surface area contributed by atoms with Gasteiger partial charge in [-0.1, -0.05) is 40.2 Å². The number of ether oxygens (including phenoxy) is 1. The fourth-order valence-corrected chi connectivity index (χ4v) is 2.92. The number of hydrogen-bond donors (Lipinski definition) is 2. The molecule has 8 heteroatoms. The van der Waals surface area contributed by atoms with Gasteiger partial charge in [0.1, 0.15) is 11.6 Å². The SMILES string of the molecule is O=C(Oc1ccc(Br)cc1C(=O)C=Cc1ccc(F)cc1)c1cccc([NH+]([O-])O)c1. The van der Waals surface area contributed by atoms with E-state index in [2.05, 4.69) is 15.9 Å². The summed E-state index contributed by atoms with van der Waals surface area (Å²) < 4.78 is 19.0. The smallest absolute Gasteiger partial charge is 0.343 e. The van der Waals surface area contributed by atoms with Crippen LogP contribution in [0.5, 0.6) is 5.75 Å². The second-order valence-electron chi connectivity index (χ2n) is 6.17. The summed E-state index contributed by atoms with van der Waals surface area (Å²) >= 11 is 3.28. The highest BCUT2D eigenvalue weighted by atomic mass is 79.9. The lowest BCUT2D eigenvalue weighted by Crippen LogP contribution is -2.99. The molecule has 152 valence electrons. The second-order valence-corrected chi connectivity index (χ2v) is 7.08. The predicted octanol–water partition coefficient (Wildman–Crippen LogP) is 4.11. The van der Waals surface area contributed by atoms with Crippen LogP contribution in [-0.2, 0) is 0 Å². The highest BCUT2D eigenvalue weighted by Crippen LogP contribution is 2.25. The minimum absolute atomic E-state index is 0.0256. The second kappa shape index (κ2) is 9.55. The number of benzene rings is 3. The number of carbonyl (C=O) groups is 2. The van der Waals surface area contributed by atoms with Gasteiger partial charge in [-0.2, -0.15) is 5.23 Å². The van der Waals surface area contributed by atoms with Crippen LogP contribution in [0.1, 0.15) is 26.3 Å². The molecule has 0 radical (unpaired) electrons. The summed E-state index contributed by atoms with van der Waals surface area (Å²) in [6.07, 6.45) is 2.81. The number of allylic oxidation sites excluding steroid dienone is 1. The Balaban J connectivity index is 1.84. The van der Waals surface area contributed by atoms with Gasteiger partial charge in [0, 0.05) is 16.6 Å². The third-order valence-electron chi connectivity index (χ3n) is 4.05. The van der Waals surface area contributed by atoms with Gasteiger partial charge in [-0.05, 0) is 48.0 Å². The first-order chi connectivity index (χ1) is 14.3. The number of ketones is 1. The van der Waals surface area contributed by atoms with Crippen LogP contribution >= 0.6 is 15.9 Å². The first-order valence-electron chi connectivity index (χ1n) is 8.66. The van der Waals surface area contributed by atoms with Crippen molar-refractivity contribution in [3.05, 3.63) is 105 Å². The number of rotatable bonds is 6. The predicted molar refractivity (Wildman–Crippen MR) is 111 cm³/mol. The summed E-state index contributed by atoms with van der Waals surface area (Å²) in [5, 5.41) is 19.0. The Morgan fingerprint density at radius 1 is 1.07 bits per heavy atom. The van der Waals surface area contributed by atoms with Crippen LogP contribution in [0.3, 0.4) is 0 Å². The van der Waals surface area contributed by atoms with Gasteiger partial charge in [0.05, 0.1) is 11.1 Å². The molecule has 1 unspecified atom stereocenters. The normalized spacial score (nSPS) is 12.0. The Bertz CT molecular complexity index is 1110. The van der Waals surface area contributed by atoms with Crippen LogP contribution in [0.15, 0.2) is 77.3 Å². The molecule has 0 saturated heterocycles. The van der Waals surface area contributed by atoms with E-state index in [1.165, 1.54) is 72.8 Å². The molecule has 0 bridgehead atoms. The van der Waals surface area contributed by atoms with E-state index in [9.17, 15) is 19.2 Å². The lowest BCUT2D eigenvalue weighted by atomic mass is 10.1. The van der Waals surface area contributed by atoms with Crippen molar-refractivity contribution in [3.8, 4) is 5.75 Å². The third kappa shape index (κ3) is 5.46. The van der Waals surface area contributed by atoms with E-state index in [0.29, 0.717) is 10.0 Å². The van der Waals surface area contributed by atoms with Crippen molar-refractivity contribution < 1.29 is 29.2 Å². The zero-order valence-corrected chi connectivity index (χ0v) is 16.9. The largest absolute Gasteiger partial charge is 0.595 e. The van der Waals surface area contributed by atoms with Crippen LogP contribution in [0, 0.1) is 11.0 Å². The molecule has 2 N–H and O–H groups in total. The lowest BCUT2D eigenvalue weighted by molar-refractivity contribution is -0.991. The summed E-state index contributed by atoms with van der Waals surface area (Å²) in [6.45, 7) is 0. The Morgan fingerprint density at radius 2 is 1.80 bits per heavy atom. The van der Waals surface area contributed by atoms with E-state index < -0.39 is 17.0 Å². The van der Waals surface area contributed by atoms with Gasteiger partial charge >= 0.3 is 5.97 Å². The van der Waals surface area contributed by atoms with E-state index >= 15 is 0 Å². The van der Waals surface area contributed by atoms with Gasteiger partial charge < -0.3 is 9.94 Å². The highest BCUT2D eigenvalue weighted by Gasteiger charge is 2.17. The van der Waals surface area contributed by atoms with Crippen LogP contribution in [0.4, 0.5) is 10.1 Å². The standard InChI is InChI=1S/C22H15BrFNO5/c23-16-7-11-21(30-22(27)15-2-1-3-18(12-15)25(28)29)19(13-16)20(26)10-6-14-4-8-17(24)9-5-14/h1-13,25,28H. The maximum Gasteiger partial charge on any atom is 0.343 e. The first kappa shape index (κ1) is 21.5. The van der Waals surface area contributed by atoms with Crippen molar-refractivity contribution in [2.45, 2.75) is 0 Å². The van der Waals surface area contributed by atoms with E-state index in [1.54, 1.807) is 6.07 Å². The van der Waals surface area contributed by atoms with Crippen molar-refractivity contribution in [2.75, 3.05) is 0 Å². The zero-order valence-electron chi connectivity index (χ0n) is 15.3. The van der Waals surface area contributed by atoms with Gasteiger partial charge in [-0.3, -0.25) is 4.79 Å². The van der Waals surface area contributed by atoms with E-state index in [1.807, 2.05) is 0 Å². The monoisotopic (exact) mass is 471 g/mol. The van der Waals surface area contributed by atoms with E-state index in [0.717, 1.165) is 0 Å². The summed E-state index contributed by atoms with van der Waals surface area (Å²) in [4.78, 5) is 25.1. The number of nitrogens with one attached hydrogen (secondary N) is 1. The molecule has 0 saturated carbocycles. The van der Waals surface area contributed by atoms with Gasteiger partial charge in [0.2, 0.25) is 0 Å². The molecule has 3 rings (SSSR count). The van der Waals surface area contributed by atoms with Gasteiger partial charge in [0.25, 0.3) is 0 Å². The van der Waals surface area contributed by atoms with Gasteiger partial charge in [-0.15, -0.1) is 0 Å².